The van der Waals surface area contributed by atoms with Crippen LogP contribution < -0.4 is 24.3 Å². The van der Waals surface area contributed by atoms with E-state index in [1.165, 1.54) is 26.4 Å². The molecule has 0 radical (unpaired) electrons. The number of hydrogen-bond donors (Lipinski definition) is 1. The Balaban J connectivity index is 1.57. The molecule has 2 aromatic rings. The Morgan fingerprint density at radius 1 is 1.14 bits per heavy atom. The second kappa shape index (κ2) is 8.91. The maximum atomic E-state index is 12.3. The molecule has 0 bridgehead atoms. The van der Waals surface area contributed by atoms with E-state index in [2.05, 4.69) is 5.32 Å². The molecule has 0 aliphatic carbocycles. The average Bonchev–Trinajstić information content (AvgIpc) is 3.19. The lowest BCUT2D eigenvalue weighted by atomic mass is 10.1. The number of fused-ring (bicyclic) bond motifs is 1. The van der Waals surface area contributed by atoms with Crippen LogP contribution in [0.25, 0.3) is 0 Å². The molecule has 0 saturated heterocycles. The van der Waals surface area contributed by atoms with Crippen molar-refractivity contribution >= 4 is 23.5 Å². The Bertz CT molecular complexity index is 931. The van der Waals surface area contributed by atoms with E-state index in [-0.39, 0.29) is 29.2 Å². The highest BCUT2D eigenvalue weighted by molar-refractivity contribution is 6.32. The standard InChI is InChI=1S/C20H20ClNO7/c1-11(12-4-5-15-16(7-12)29-10-28-15)22-18(23)9-27-20(24)13-6-14(21)19(26-3)17(8-13)25-2/h4-8,11H,9-10H2,1-3H3,(H,22,23). The number of halogens is 1. The molecule has 1 unspecified atom stereocenters. The van der Waals surface area contributed by atoms with E-state index < -0.39 is 18.5 Å². The Hall–Kier alpha value is -3.13. The van der Waals surface area contributed by atoms with Crippen LogP contribution in [0.4, 0.5) is 0 Å². The summed E-state index contributed by atoms with van der Waals surface area (Å²) in [7, 11) is 2.86. The van der Waals surface area contributed by atoms with E-state index >= 15 is 0 Å². The molecular formula is C20H20ClNO7. The molecule has 1 aliphatic heterocycles. The Morgan fingerprint density at radius 2 is 1.90 bits per heavy atom. The molecule has 0 spiro atoms. The molecule has 0 saturated carbocycles. The number of methoxy groups -OCH3 is 2. The molecule has 1 aliphatic rings. The van der Waals surface area contributed by atoms with Gasteiger partial charge >= 0.3 is 5.97 Å². The molecule has 3 rings (SSSR count). The number of esters is 1. The van der Waals surface area contributed by atoms with Gasteiger partial charge in [0.1, 0.15) is 0 Å². The number of rotatable bonds is 7. The maximum absolute atomic E-state index is 12.3. The van der Waals surface area contributed by atoms with Gasteiger partial charge in [0.05, 0.1) is 30.8 Å². The zero-order valence-electron chi connectivity index (χ0n) is 16.1. The van der Waals surface area contributed by atoms with Gasteiger partial charge in [0, 0.05) is 0 Å². The quantitative estimate of drug-likeness (QED) is 0.686. The van der Waals surface area contributed by atoms with Crippen LogP contribution in [0.3, 0.4) is 0 Å². The molecule has 1 amide bonds. The van der Waals surface area contributed by atoms with Crippen molar-refractivity contribution in [3.8, 4) is 23.0 Å². The zero-order chi connectivity index (χ0) is 21.0. The maximum Gasteiger partial charge on any atom is 0.338 e. The van der Waals surface area contributed by atoms with E-state index in [4.69, 9.17) is 35.3 Å². The predicted molar refractivity (Wildman–Crippen MR) is 104 cm³/mol. The van der Waals surface area contributed by atoms with Crippen molar-refractivity contribution in [2.24, 2.45) is 0 Å². The van der Waals surface area contributed by atoms with E-state index in [1.54, 1.807) is 12.1 Å². The summed E-state index contributed by atoms with van der Waals surface area (Å²) in [5, 5.41) is 2.96. The van der Waals surface area contributed by atoms with Gasteiger partial charge in [-0.05, 0) is 36.8 Å². The van der Waals surface area contributed by atoms with Gasteiger partial charge in [-0.15, -0.1) is 0 Å². The second-order valence-corrected chi connectivity index (χ2v) is 6.58. The SMILES string of the molecule is COc1cc(C(=O)OCC(=O)NC(C)c2ccc3c(c2)OCO3)cc(Cl)c1OC. The van der Waals surface area contributed by atoms with Crippen LogP contribution in [0.2, 0.25) is 5.02 Å². The van der Waals surface area contributed by atoms with Crippen LogP contribution in [-0.4, -0.2) is 39.5 Å². The van der Waals surface area contributed by atoms with Gasteiger partial charge in [0.2, 0.25) is 6.79 Å². The fourth-order valence-electron chi connectivity index (χ4n) is 2.80. The first-order valence-electron chi connectivity index (χ1n) is 8.70. The molecule has 0 aromatic heterocycles. The molecule has 9 heteroatoms. The summed E-state index contributed by atoms with van der Waals surface area (Å²) in [5.41, 5.74) is 0.977. The van der Waals surface area contributed by atoms with E-state index in [0.717, 1.165) is 5.56 Å². The van der Waals surface area contributed by atoms with Gasteiger partial charge < -0.3 is 29.0 Å². The van der Waals surface area contributed by atoms with Crippen LogP contribution >= 0.6 is 11.6 Å². The van der Waals surface area contributed by atoms with Gasteiger partial charge in [-0.25, -0.2) is 4.79 Å². The highest BCUT2D eigenvalue weighted by Crippen LogP contribution is 2.36. The third kappa shape index (κ3) is 4.65. The number of carbonyl (C=O) groups excluding carboxylic acids is 2. The predicted octanol–water partition coefficient (Wildman–Crippen LogP) is 3.12. The number of carbonyl (C=O) groups is 2. The van der Waals surface area contributed by atoms with E-state index in [9.17, 15) is 9.59 Å². The summed E-state index contributed by atoms with van der Waals surface area (Å²) < 4.78 is 26.0. The van der Waals surface area contributed by atoms with Crippen LogP contribution in [0.1, 0.15) is 28.9 Å². The summed E-state index contributed by atoms with van der Waals surface area (Å²) >= 11 is 6.09. The summed E-state index contributed by atoms with van der Waals surface area (Å²) in [5.74, 6) is 0.720. The van der Waals surface area contributed by atoms with Crippen molar-refractivity contribution in [1.29, 1.82) is 0 Å². The first kappa shape index (κ1) is 20.6. The highest BCUT2D eigenvalue weighted by atomic mass is 35.5. The van der Waals surface area contributed by atoms with Crippen molar-refractivity contribution in [3.63, 3.8) is 0 Å². The van der Waals surface area contributed by atoms with Gasteiger partial charge in [-0.2, -0.15) is 0 Å². The second-order valence-electron chi connectivity index (χ2n) is 6.17. The van der Waals surface area contributed by atoms with Crippen LogP contribution in [0.5, 0.6) is 23.0 Å². The molecule has 0 fully saturated rings. The third-order valence-corrected chi connectivity index (χ3v) is 4.56. The van der Waals surface area contributed by atoms with Gasteiger partial charge in [-0.1, -0.05) is 17.7 Å². The Labute approximate surface area is 172 Å². The van der Waals surface area contributed by atoms with Gasteiger partial charge in [-0.3, -0.25) is 4.79 Å². The first-order chi connectivity index (χ1) is 13.9. The summed E-state index contributed by atoms with van der Waals surface area (Å²) in [6, 6.07) is 7.91. The van der Waals surface area contributed by atoms with Crippen molar-refractivity contribution in [3.05, 3.63) is 46.5 Å². The van der Waals surface area contributed by atoms with Gasteiger partial charge in [0.15, 0.2) is 29.6 Å². The topological polar surface area (TPSA) is 92.3 Å². The Morgan fingerprint density at radius 3 is 2.62 bits per heavy atom. The largest absolute Gasteiger partial charge is 0.493 e. The lowest BCUT2D eigenvalue weighted by Gasteiger charge is -2.15. The highest BCUT2D eigenvalue weighted by Gasteiger charge is 2.19. The Kier molecular flexibility index (Phi) is 6.33. The average molecular weight is 422 g/mol. The van der Waals surface area contributed by atoms with Crippen molar-refractivity contribution in [2.45, 2.75) is 13.0 Å². The summed E-state index contributed by atoms with van der Waals surface area (Å²) in [4.78, 5) is 24.4. The van der Waals surface area contributed by atoms with Crippen molar-refractivity contribution in [1.82, 2.24) is 5.32 Å². The zero-order valence-corrected chi connectivity index (χ0v) is 16.9. The number of amides is 1. The number of benzene rings is 2. The minimum atomic E-state index is -0.710. The number of ether oxygens (including phenoxy) is 5. The smallest absolute Gasteiger partial charge is 0.338 e. The van der Waals surface area contributed by atoms with E-state index in [0.29, 0.717) is 17.2 Å². The number of hydrogen-bond acceptors (Lipinski definition) is 7. The fraction of sp³-hybridized carbons (Fsp3) is 0.300. The molecule has 1 heterocycles. The van der Waals surface area contributed by atoms with Crippen LogP contribution in [-0.2, 0) is 9.53 Å². The first-order valence-corrected chi connectivity index (χ1v) is 9.08. The summed E-state index contributed by atoms with van der Waals surface area (Å²) in [6.45, 7) is 1.54. The van der Waals surface area contributed by atoms with E-state index in [1.807, 2.05) is 13.0 Å². The molecule has 154 valence electrons. The van der Waals surface area contributed by atoms with Crippen LogP contribution in [0, 0.1) is 0 Å². The van der Waals surface area contributed by atoms with Crippen molar-refractivity contribution < 1.29 is 33.3 Å². The lowest BCUT2D eigenvalue weighted by molar-refractivity contribution is -0.124. The fourth-order valence-corrected chi connectivity index (χ4v) is 3.09. The third-order valence-electron chi connectivity index (χ3n) is 4.28. The molecule has 2 aromatic carbocycles. The monoisotopic (exact) mass is 421 g/mol. The molecular weight excluding hydrogens is 402 g/mol. The van der Waals surface area contributed by atoms with Crippen molar-refractivity contribution in [2.75, 3.05) is 27.6 Å². The molecule has 8 nitrogen and oxygen atoms in total. The number of nitrogens with one attached hydrogen (secondary N) is 1. The minimum absolute atomic E-state index is 0.143. The lowest BCUT2D eigenvalue weighted by Crippen LogP contribution is -2.31. The molecule has 1 atom stereocenters. The van der Waals surface area contributed by atoms with Crippen LogP contribution in [0.15, 0.2) is 30.3 Å². The normalized spacial score (nSPS) is 12.8. The molecule has 1 N–H and O–H groups in total. The summed E-state index contributed by atoms with van der Waals surface area (Å²) in [6.07, 6.45) is 0. The molecule has 29 heavy (non-hydrogen) atoms. The van der Waals surface area contributed by atoms with Gasteiger partial charge in [0.25, 0.3) is 5.91 Å². The minimum Gasteiger partial charge on any atom is -0.493 e.